The van der Waals surface area contributed by atoms with E-state index in [4.69, 9.17) is 5.73 Å². The number of rotatable bonds is 4. The van der Waals surface area contributed by atoms with Crippen molar-refractivity contribution in [1.82, 2.24) is 4.98 Å². The molecular weight excluding hydrogens is 227 g/mol. The molecule has 1 aliphatic carbocycles. The number of hydrogen-bond acceptors (Lipinski definition) is 2. The summed E-state index contributed by atoms with van der Waals surface area (Å²) in [5, 5.41) is 0. The molecule has 1 unspecified atom stereocenters. The molecule has 0 spiro atoms. The standard InChI is InChI=1S/C15H23FN2/c1-2-3-11-4-6-12(7-5-11)15(17)13-8-9-18-10-14(13)16/h8-12,15H,2-7,17H2,1H3. The minimum Gasteiger partial charge on any atom is -0.324 e. The lowest BCUT2D eigenvalue weighted by molar-refractivity contribution is 0.232. The summed E-state index contributed by atoms with van der Waals surface area (Å²) in [6, 6.07) is 1.55. The van der Waals surface area contributed by atoms with Gasteiger partial charge in [0.15, 0.2) is 0 Å². The van der Waals surface area contributed by atoms with Crippen LogP contribution in [0.15, 0.2) is 18.5 Å². The van der Waals surface area contributed by atoms with Gasteiger partial charge in [0.25, 0.3) is 0 Å². The van der Waals surface area contributed by atoms with E-state index in [1.165, 1.54) is 31.9 Å². The van der Waals surface area contributed by atoms with Gasteiger partial charge in [0.1, 0.15) is 5.82 Å². The van der Waals surface area contributed by atoms with Gasteiger partial charge in [-0.2, -0.15) is 0 Å². The molecule has 0 bridgehead atoms. The van der Waals surface area contributed by atoms with Gasteiger partial charge in [-0.1, -0.05) is 32.6 Å². The highest BCUT2D eigenvalue weighted by atomic mass is 19.1. The maximum Gasteiger partial charge on any atom is 0.146 e. The normalized spacial score (nSPS) is 25.9. The van der Waals surface area contributed by atoms with Crippen LogP contribution in [0.5, 0.6) is 0 Å². The average molecular weight is 250 g/mol. The lowest BCUT2D eigenvalue weighted by atomic mass is 9.76. The Bertz CT molecular complexity index is 373. The van der Waals surface area contributed by atoms with Gasteiger partial charge in [-0.15, -0.1) is 0 Å². The lowest BCUT2D eigenvalue weighted by Gasteiger charge is -2.32. The van der Waals surface area contributed by atoms with Crippen molar-refractivity contribution in [3.8, 4) is 0 Å². The Kier molecular flexibility index (Phi) is 4.70. The second-order valence-corrected chi connectivity index (χ2v) is 5.49. The highest BCUT2D eigenvalue weighted by Gasteiger charge is 2.27. The van der Waals surface area contributed by atoms with E-state index in [0.29, 0.717) is 11.5 Å². The first-order valence-electron chi connectivity index (χ1n) is 7.07. The summed E-state index contributed by atoms with van der Waals surface area (Å²) in [6.07, 6.45) is 10.2. The molecule has 18 heavy (non-hydrogen) atoms. The summed E-state index contributed by atoms with van der Waals surface area (Å²) in [5.74, 6) is 1.02. The number of pyridine rings is 1. The monoisotopic (exact) mass is 250 g/mol. The van der Waals surface area contributed by atoms with E-state index in [1.807, 2.05) is 0 Å². The first-order chi connectivity index (χ1) is 8.72. The van der Waals surface area contributed by atoms with Crippen molar-refractivity contribution >= 4 is 0 Å². The Morgan fingerprint density at radius 1 is 1.39 bits per heavy atom. The zero-order chi connectivity index (χ0) is 13.0. The Labute approximate surface area is 109 Å². The summed E-state index contributed by atoms with van der Waals surface area (Å²) in [4.78, 5) is 3.78. The molecule has 1 aliphatic rings. The zero-order valence-electron chi connectivity index (χ0n) is 11.1. The molecule has 1 heterocycles. The van der Waals surface area contributed by atoms with Crippen molar-refractivity contribution in [3.05, 3.63) is 29.8 Å². The van der Waals surface area contributed by atoms with Gasteiger partial charge >= 0.3 is 0 Å². The quantitative estimate of drug-likeness (QED) is 0.882. The van der Waals surface area contributed by atoms with E-state index < -0.39 is 0 Å². The lowest BCUT2D eigenvalue weighted by Crippen LogP contribution is -2.26. The predicted octanol–water partition coefficient (Wildman–Crippen LogP) is 3.83. The molecule has 100 valence electrons. The molecule has 2 N–H and O–H groups in total. The Balaban J connectivity index is 1.95. The minimum atomic E-state index is -0.263. The van der Waals surface area contributed by atoms with E-state index in [9.17, 15) is 4.39 Å². The minimum absolute atomic E-state index is 0.171. The molecule has 2 rings (SSSR count). The number of hydrogen-bond donors (Lipinski definition) is 1. The van der Waals surface area contributed by atoms with Gasteiger partial charge < -0.3 is 5.73 Å². The van der Waals surface area contributed by atoms with Gasteiger partial charge in [-0.3, -0.25) is 4.98 Å². The third-order valence-electron chi connectivity index (χ3n) is 4.26. The molecule has 3 heteroatoms. The molecule has 1 atom stereocenters. The van der Waals surface area contributed by atoms with Crippen molar-refractivity contribution in [1.29, 1.82) is 0 Å². The third-order valence-corrected chi connectivity index (χ3v) is 4.26. The van der Waals surface area contributed by atoms with Crippen LogP contribution in [0.1, 0.15) is 57.1 Å². The van der Waals surface area contributed by atoms with Crippen LogP contribution in [-0.4, -0.2) is 4.98 Å². The summed E-state index contributed by atoms with van der Waals surface area (Å²) >= 11 is 0. The fourth-order valence-electron chi connectivity index (χ4n) is 3.15. The maximum absolute atomic E-state index is 13.6. The van der Waals surface area contributed by atoms with Gasteiger partial charge in [-0.25, -0.2) is 4.39 Å². The van der Waals surface area contributed by atoms with Crippen LogP contribution in [0.3, 0.4) is 0 Å². The van der Waals surface area contributed by atoms with Crippen LogP contribution < -0.4 is 5.73 Å². The number of halogens is 1. The molecule has 0 amide bonds. The Morgan fingerprint density at radius 3 is 2.72 bits per heavy atom. The molecule has 1 aromatic heterocycles. The molecule has 1 fully saturated rings. The second-order valence-electron chi connectivity index (χ2n) is 5.49. The third kappa shape index (κ3) is 3.08. The van der Waals surface area contributed by atoms with Gasteiger partial charge in [0.2, 0.25) is 0 Å². The highest BCUT2D eigenvalue weighted by Crippen LogP contribution is 2.37. The van der Waals surface area contributed by atoms with Crippen LogP contribution in [0, 0.1) is 17.7 Å². The van der Waals surface area contributed by atoms with Gasteiger partial charge in [-0.05, 0) is 30.7 Å². The van der Waals surface area contributed by atoms with Crippen molar-refractivity contribution < 1.29 is 4.39 Å². The van der Waals surface area contributed by atoms with E-state index >= 15 is 0 Å². The summed E-state index contributed by atoms with van der Waals surface area (Å²) < 4.78 is 13.6. The molecule has 0 aliphatic heterocycles. The van der Waals surface area contributed by atoms with Crippen molar-refractivity contribution in [2.45, 2.75) is 51.5 Å². The number of nitrogens with two attached hydrogens (primary N) is 1. The highest BCUT2D eigenvalue weighted by molar-refractivity contribution is 5.18. The molecule has 0 radical (unpaired) electrons. The van der Waals surface area contributed by atoms with Crippen LogP contribution in [0.2, 0.25) is 0 Å². The molecule has 0 aromatic carbocycles. The van der Waals surface area contributed by atoms with Crippen LogP contribution in [0.4, 0.5) is 4.39 Å². The Hall–Kier alpha value is -0.960. The van der Waals surface area contributed by atoms with E-state index in [-0.39, 0.29) is 11.9 Å². The van der Waals surface area contributed by atoms with Crippen LogP contribution in [0.25, 0.3) is 0 Å². The molecule has 1 saturated carbocycles. The van der Waals surface area contributed by atoms with Crippen LogP contribution in [-0.2, 0) is 0 Å². The summed E-state index contributed by atoms with van der Waals surface area (Å²) in [6.45, 7) is 2.24. The topological polar surface area (TPSA) is 38.9 Å². The second kappa shape index (κ2) is 6.28. The fraction of sp³-hybridized carbons (Fsp3) is 0.667. The number of nitrogens with zero attached hydrogens (tertiary/aromatic N) is 1. The SMILES string of the molecule is CCCC1CCC(C(N)c2ccncc2F)CC1. The van der Waals surface area contributed by atoms with Crippen LogP contribution >= 0.6 is 0 Å². The summed E-state index contributed by atoms with van der Waals surface area (Å²) in [7, 11) is 0. The first kappa shape index (κ1) is 13.5. The Morgan fingerprint density at radius 2 is 2.11 bits per heavy atom. The molecular formula is C15H23FN2. The van der Waals surface area contributed by atoms with E-state index in [2.05, 4.69) is 11.9 Å². The van der Waals surface area contributed by atoms with Crippen molar-refractivity contribution in [2.24, 2.45) is 17.6 Å². The fourth-order valence-corrected chi connectivity index (χ4v) is 3.15. The average Bonchev–Trinajstić information content (AvgIpc) is 2.40. The maximum atomic E-state index is 13.6. The van der Waals surface area contributed by atoms with Gasteiger partial charge in [0.05, 0.1) is 6.20 Å². The van der Waals surface area contributed by atoms with Crippen molar-refractivity contribution in [2.75, 3.05) is 0 Å². The molecule has 2 nitrogen and oxygen atoms in total. The van der Waals surface area contributed by atoms with E-state index in [1.54, 1.807) is 12.3 Å². The molecule has 0 saturated heterocycles. The smallest absolute Gasteiger partial charge is 0.146 e. The van der Waals surface area contributed by atoms with Crippen molar-refractivity contribution in [3.63, 3.8) is 0 Å². The largest absolute Gasteiger partial charge is 0.324 e. The first-order valence-corrected chi connectivity index (χ1v) is 7.07. The van der Waals surface area contributed by atoms with Gasteiger partial charge in [0, 0.05) is 17.8 Å². The number of aromatic nitrogens is 1. The van der Waals surface area contributed by atoms with E-state index in [0.717, 1.165) is 18.8 Å². The molecule has 1 aromatic rings. The predicted molar refractivity (Wildman–Crippen MR) is 71.5 cm³/mol. The summed E-state index contributed by atoms with van der Waals surface area (Å²) in [5.41, 5.74) is 6.85. The zero-order valence-corrected chi connectivity index (χ0v) is 11.1.